The Balaban J connectivity index is 2.23. The number of halogens is 1. The molecule has 1 aliphatic rings. The summed E-state index contributed by atoms with van der Waals surface area (Å²) in [6.07, 6.45) is 5.20. The van der Waals surface area contributed by atoms with E-state index in [9.17, 15) is 0 Å². The van der Waals surface area contributed by atoms with Crippen LogP contribution in [0.5, 0.6) is 0 Å². The van der Waals surface area contributed by atoms with Crippen LogP contribution in [0.3, 0.4) is 0 Å². The maximum Gasteiger partial charge on any atom is 0.0851 e. The van der Waals surface area contributed by atoms with Gasteiger partial charge in [0.05, 0.1) is 28.1 Å². The van der Waals surface area contributed by atoms with Gasteiger partial charge in [-0.25, -0.2) is 0 Å². The lowest BCUT2D eigenvalue weighted by Gasteiger charge is -2.37. The van der Waals surface area contributed by atoms with Gasteiger partial charge in [-0.15, -0.1) is 0 Å². The molecule has 1 aromatic heterocycles. The highest BCUT2D eigenvalue weighted by atomic mass is 35.5. The third kappa shape index (κ3) is 2.86. The molecular weight excluding hydrogens is 276 g/mol. The minimum atomic E-state index is -0.176. The molecule has 114 valence electrons. The SMILES string of the molecule is CCOC1(C(Cc2c(Cl)c(C)nn2C)NN)CCCC1. The maximum absolute atomic E-state index is 6.35. The summed E-state index contributed by atoms with van der Waals surface area (Å²) in [6.45, 7) is 4.66. The molecule has 6 heteroatoms. The van der Waals surface area contributed by atoms with E-state index in [1.54, 1.807) is 0 Å². The molecule has 0 aromatic carbocycles. The van der Waals surface area contributed by atoms with E-state index in [0.29, 0.717) is 6.61 Å². The maximum atomic E-state index is 6.35. The molecule has 5 nitrogen and oxygen atoms in total. The van der Waals surface area contributed by atoms with Gasteiger partial charge >= 0.3 is 0 Å². The average molecular weight is 301 g/mol. The highest BCUT2D eigenvalue weighted by Gasteiger charge is 2.42. The minimum Gasteiger partial charge on any atom is -0.374 e. The van der Waals surface area contributed by atoms with Crippen LogP contribution in [0.1, 0.15) is 44.0 Å². The first kappa shape index (κ1) is 15.8. The molecule has 1 aromatic rings. The standard InChI is InChI=1S/C14H25ClN4O/c1-4-20-14(7-5-6-8-14)12(17-16)9-11-13(15)10(2)18-19(11)3/h12,17H,4-9,16H2,1-3H3. The molecular formula is C14H25ClN4O. The van der Waals surface area contributed by atoms with Gasteiger partial charge < -0.3 is 4.74 Å². The second kappa shape index (κ2) is 6.43. The van der Waals surface area contributed by atoms with Crippen molar-refractivity contribution >= 4 is 11.6 Å². The van der Waals surface area contributed by atoms with Crippen LogP contribution < -0.4 is 11.3 Å². The Bertz CT molecular complexity index is 454. The molecule has 1 atom stereocenters. The van der Waals surface area contributed by atoms with Crippen molar-refractivity contribution in [2.24, 2.45) is 12.9 Å². The molecule has 1 aliphatic carbocycles. The topological polar surface area (TPSA) is 65.1 Å². The lowest BCUT2D eigenvalue weighted by atomic mass is 9.89. The second-order valence-electron chi connectivity index (χ2n) is 5.60. The van der Waals surface area contributed by atoms with Gasteiger partial charge in [-0.05, 0) is 26.7 Å². The van der Waals surface area contributed by atoms with Crippen molar-refractivity contribution in [2.75, 3.05) is 6.61 Å². The fraction of sp³-hybridized carbons (Fsp3) is 0.786. The van der Waals surface area contributed by atoms with Crippen molar-refractivity contribution in [3.8, 4) is 0 Å². The molecule has 1 saturated carbocycles. The molecule has 0 aliphatic heterocycles. The lowest BCUT2D eigenvalue weighted by molar-refractivity contribution is -0.0616. The number of rotatable bonds is 6. The van der Waals surface area contributed by atoms with Crippen LogP contribution in [-0.2, 0) is 18.2 Å². The fourth-order valence-electron chi connectivity index (χ4n) is 3.35. The largest absolute Gasteiger partial charge is 0.374 e. The number of aryl methyl sites for hydroxylation is 2. The van der Waals surface area contributed by atoms with Gasteiger partial charge in [0, 0.05) is 20.1 Å². The van der Waals surface area contributed by atoms with Gasteiger partial charge in [0.2, 0.25) is 0 Å². The van der Waals surface area contributed by atoms with Crippen molar-refractivity contribution in [1.29, 1.82) is 0 Å². The summed E-state index contributed by atoms with van der Waals surface area (Å²) in [5.74, 6) is 5.82. The smallest absolute Gasteiger partial charge is 0.0851 e. The van der Waals surface area contributed by atoms with E-state index in [-0.39, 0.29) is 11.6 Å². The first-order valence-electron chi connectivity index (χ1n) is 7.32. The molecule has 1 heterocycles. The summed E-state index contributed by atoms with van der Waals surface area (Å²) in [6, 6.07) is 0.0530. The predicted molar refractivity (Wildman–Crippen MR) is 80.6 cm³/mol. The Kier molecular flexibility index (Phi) is 5.07. The van der Waals surface area contributed by atoms with Crippen molar-refractivity contribution < 1.29 is 4.74 Å². The zero-order chi connectivity index (χ0) is 14.8. The second-order valence-corrected chi connectivity index (χ2v) is 5.98. The zero-order valence-electron chi connectivity index (χ0n) is 12.6. The molecule has 0 amide bonds. The summed E-state index contributed by atoms with van der Waals surface area (Å²) in [7, 11) is 1.92. The molecule has 0 radical (unpaired) electrons. The van der Waals surface area contributed by atoms with Gasteiger partial charge in [0.25, 0.3) is 0 Å². The summed E-state index contributed by atoms with van der Waals surface area (Å²) in [5, 5.41) is 5.10. The van der Waals surface area contributed by atoms with Crippen LogP contribution >= 0.6 is 11.6 Å². The number of ether oxygens (including phenoxy) is 1. The van der Waals surface area contributed by atoms with Gasteiger partial charge in [0.1, 0.15) is 0 Å². The first-order chi connectivity index (χ1) is 9.54. The number of hydrogen-bond donors (Lipinski definition) is 2. The summed E-state index contributed by atoms with van der Waals surface area (Å²) >= 11 is 6.35. The molecule has 1 unspecified atom stereocenters. The van der Waals surface area contributed by atoms with Crippen molar-refractivity contribution in [2.45, 2.75) is 57.6 Å². The molecule has 0 spiro atoms. The quantitative estimate of drug-likeness (QED) is 0.624. The molecule has 0 bridgehead atoms. The van der Waals surface area contributed by atoms with Crippen molar-refractivity contribution in [3.05, 3.63) is 16.4 Å². The Morgan fingerprint density at radius 1 is 1.50 bits per heavy atom. The van der Waals surface area contributed by atoms with Crippen molar-refractivity contribution in [3.63, 3.8) is 0 Å². The lowest BCUT2D eigenvalue weighted by Crippen LogP contribution is -2.55. The van der Waals surface area contributed by atoms with Crippen LogP contribution in [-0.4, -0.2) is 28.0 Å². The Hall–Kier alpha value is -0.620. The molecule has 20 heavy (non-hydrogen) atoms. The van der Waals surface area contributed by atoms with Crippen LogP contribution in [0.25, 0.3) is 0 Å². The Morgan fingerprint density at radius 3 is 2.60 bits per heavy atom. The molecule has 0 saturated heterocycles. The van der Waals surface area contributed by atoms with E-state index in [0.717, 1.165) is 35.7 Å². The normalized spacial score (nSPS) is 19.4. The summed E-state index contributed by atoms with van der Waals surface area (Å²) < 4.78 is 7.93. The number of nitrogens with zero attached hydrogens (tertiary/aromatic N) is 2. The Morgan fingerprint density at radius 2 is 2.15 bits per heavy atom. The number of nitrogens with one attached hydrogen (secondary N) is 1. The van der Waals surface area contributed by atoms with Gasteiger partial charge in [-0.1, -0.05) is 24.4 Å². The molecule has 3 N–H and O–H groups in total. The van der Waals surface area contributed by atoms with E-state index < -0.39 is 0 Å². The van der Waals surface area contributed by atoms with Crippen LogP contribution in [0, 0.1) is 6.92 Å². The van der Waals surface area contributed by atoms with Crippen LogP contribution in [0.4, 0.5) is 0 Å². The zero-order valence-corrected chi connectivity index (χ0v) is 13.3. The summed E-state index contributed by atoms with van der Waals surface area (Å²) in [5.41, 5.74) is 4.65. The highest BCUT2D eigenvalue weighted by molar-refractivity contribution is 6.31. The van der Waals surface area contributed by atoms with E-state index in [1.807, 2.05) is 25.6 Å². The van der Waals surface area contributed by atoms with E-state index in [1.165, 1.54) is 12.8 Å². The van der Waals surface area contributed by atoms with E-state index in [2.05, 4.69) is 10.5 Å². The number of hydrogen-bond acceptors (Lipinski definition) is 4. The molecule has 2 rings (SSSR count). The van der Waals surface area contributed by atoms with Gasteiger partial charge in [-0.2, -0.15) is 5.10 Å². The third-order valence-corrected chi connectivity index (χ3v) is 4.87. The molecule has 1 fully saturated rings. The van der Waals surface area contributed by atoms with Crippen LogP contribution in [0.2, 0.25) is 5.02 Å². The number of aromatic nitrogens is 2. The fourth-order valence-corrected chi connectivity index (χ4v) is 3.58. The Labute approximate surface area is 125 Å². The number of hydrazine groups is 1. The predicted octanol–water partition coefficient (Wildman–Crippen LogP) is 2.11. The number of nitrogens with two attached hydrogens (primary N) is 1. The summed E-state index contributed by atoms with van der Waals surface area (Å²) in [4.78, 5) is 0. The first-order valence-corrected chi connectivity index (χ1v) is 7.70. The van der Waals surface area contributed by atoms with E-state index >= 15 is 0 Å². The van der Waals surface area contributed by atoms with Gasteiger partial charge in [-0.3, -0.25) is 16.0 Å². The van der Waals surface area contributed by atoms with Gasteiger partial charge in [0.15, 0.2) is 0 Å². The minimum absolute atomic E-state index is 0.0530. The third-order valence-electron chi connectivity index (χ3n) is 4.38. The van der Waals surface area contributed by atoms with Crippen molar-refractivity contribution in [1.82, 2.24) is 15.2 Å². The highest BCUT2D eigenvalue weighted by Crippen LogP contribution is 2.37. The van der Waals surface area contributed by atoms with E-state index in [4.69, 9.17) is 22.2 Å². The monoisotopic (exact) mass is 300 g/mol. The van der Waals surface area contributed by atoms with Crippen LogP contribution in [0.15, 0.2) is 0 Å². The average Bonchev–Trinajstić information content (AvgIpc) is 2.96.